The summed E-state index contributed by atoms with van der Waals surface area (Å²) in [4.78, 5) is 16.6. The van der Waals surface area contributed by atoms with Crippen LogP contribution in [0.5, 0.6) is 5.75 Å². The summed E-state index contributed by atoms with van der Waals surface area (Å²) in [5, 5.41) is 18.1. The Bertz CT molecular complexity index is 1230. The van der Waals surface area contributed by atoms with Crippen LogP contribution in [0.2, 0.25) is 0 Å². The number of fused-ring (bicyclic) bond motifs is 1. The van der Waals surface area contributed by atoms with E-state index < -0.39 is 5.60 Å². The number of aromatic amines is 1. The van der Waals surface area contributed by atoms with Crippen molar-refractivity contribution in [3.8, 4) is 5.75 Å². The molecule has 1 aromatic heterocycles. The second-order valence-corrected chi connectivity index (χ2v) is 11.0. The van der Waals surface area contributed by atoms with Crippen molar-refractivity contribution >= 4 is 22.5 Å². The second-order valence-electron chi connectivity index (χ2n) is 11.0. The third-order valence-corrected chi connectivity index (χ3v) is 8.05. The highest BCUT2D eigenvalue weighted by atomic mass is 16.5. The quantitative estimate of drug-likeness (QED) is 0.330. The molecule has 2 fully saturated rings. The van der Waals surface area contributed by atoms with Gasteiger partial charge in [-0.25, -0.2) is 0 Å². The number of aryl methyl sites for hydroxylation is 2. The topological polar surface area (TPSA) is 95.6 Å². The van der Waals surface area contributed by atoms with Gasteiger partial charge >= 0.3 is 0 Å². The smallest absolute Gasteiger partial charge is 0.255 e. The molecule has 5 rings (SSSR count). The molecule has 2 aromatic carbocycles. The SMILES string of the molecule is Cc1c(CN[C@H]2CC[C@@](C)(O)CC2)[nH]c2c(C)c(NC(=O)c3ccc(OC[C@@H]4CCCO4)cc3)ccc12. The van der Waals surface area contributed by atoms with Gasteiger partial charge in [0, 0.05) is 41.5 Å². The molecule has 7 heteroatoms. The van der Waals surface area contributed by atoms with E-state index in [0.717, 1.165) is 79.9 Å². The fraction of sp³-hybridized carbons (Fsp3) is 0.500. The number of nitrogens with one attached hydrogen (secondary N) is 3. The molecule has 4 N–H and O–H groups in total. The highest BCUT2D eigenvalue weighted by Crippen LogP contribution is 2.31. The van der Waals surface area contributed by atoms with Gasteiger partial charge in [-0.1, -0.05) is 6.07 Å². The van der Waals surface area contributed by atoms with Gasteiger partial charge in [-0.05, 0) is 101 Å². The number of ether oxygens (including phenoxy) is 2. The summed E-state index contributed by atoms with van der Waals surface area (Å²) in [7, 11) is 0. The van der Waals surface area contributed by atoms with Gasteiger partial charge in [0.05, 0.1) is 17.2 Å². The summed E-state index contributed by atoms with van der Waals surface area (Å²) in [6.07, 6.45) is 5.94. The Balaban J connectivity index is 1.21. The van der Waals surface area contributed by atoms with Crippen LogP contribution < -0.4 is 15.4 Å². The highest BCUT2D eigenvalue weighted by Gasteiger charge is 2.28. The number of carbonyl (C=O) groups excluding carboxylic acids is 1. The van der Waals surface area contributed by atoms with Crippen molar-refractivity contribution in [3.63, 3.8) is 0 Å². The monoisotopic (exact) mass is 505 g/mol. The van der Waals surface area contributed by atoms with Crippen LogP contribution in [-0.2, 0) is 11.3 Å². The van der Waals surface area contributed by atoms with Crippen LogP contribution in [0.15, 0.2) is 36.4 Å². The minimum absolute atomic E-state index is 0.147. The molecular weight excluding hydrogens is 466 g/mol. The van der Waals surface area contributed by atoms with Crippen molar-refractivity contribution in [1.29, 1.82) is 0 Å². The van der Waals surface area contributed by atoms with Gasteiger partial charge in [-0.15, -0.1) is 0 Å². The van der Waals surface area contributed by atoms with Crippen LogP contribution in [-0.4, -0.2) is 47.0 Å². The first-order valence-corrected chi connectivity index (χ1v) is 13.5. The number of benzene rings is 2. The molecule has 1 saturated heterocycles. The van der Waals surface area contributed by atoms with Crippen molar-refractivity contribution in [1.82, 2.24) is 10.3 Å². The number of hydrogen-bond donors (Lipinski definition) is 4. The number of rotatable bonds is 8. The van der Waals surface area contributed by atoms with E-state index in [9.17, 15) is 9.90 Å². The van der Waals surface area contributed by atoms with Gasteiger partial charge in [0.2, 0.25) is 0 Å². The molecule has 7 nitrogen and oxygen atoms in total. The van der Waals surface area contributed by atoms with Crippen LogP contribution in [0.25, 0.3) is 10.9 Å². The molecular formula is C30H39N3O4. The van der Waals surface area contributed by atoms with Crippen LogP contribution in [0.4, 0.5) is 5.69 Å². The lowest BCUT2D eigenvalue weighted by Crippen LogP contribution is -2.39. The molecule has 1 aliphatic heterocycles. The summed E-state index contributed by atoms with van der Waals surface area (Å²) in [6.45, 7) is 8.22. The Labute approximate surface area is 218 Å². The van der Waals surface area contributed by atoms with Gasteiger partial charge in [0.25, 0.3) is 5.91 Å². The largest absolute Gasteiger partial charge is 0.491 e. The van der Waals surface area contributed by atoms with Crippen LogP contribution in [0.1, 0.15) is 72.6 Å². The highest BCUT2D eigenvalue weighted by molar-refractivity contribution is 6.06. The van der Waals surface area contributed by atoms with Crippen molar-refractivity contribution < 1.29 is 19.4 Å². The van der Waals surface area contributed by atoms with Crippen molar-refractivity contribution in [2.75, 3.05) is 18.5 Å². The van der Waals surface area contributed by atoms with E-state index in [-0.39, 0.29) is 12.0 Å². The molecule has 0 radical (unpaired) electrons. The lowest BCUT2D eigenvalue weighted by molar-refractivity contribution is 0.0140. The molecule has 0 bridgehead atoms. The number of aromatic nitrogens is 1. The Morgan fingerprint density at radius 2 is 1.86 bits per heavy atom. The summed E-state index contributed by atoms with van der Waals surface area (Å²) < 4.78 is 11.4. The van der Waals surface area contributed by atoms with E-state index in [0.29, 0.717) is 18.2 Å². The van der Waals surface area contributed by atoms with E-state index in [1.54, 1.807) is 12.1 Å². The Morgan fingerprint density at radius 3 is 2.57 bits per heavy atom. The van der Waals surface area contributed by atoms with Gasteiger partial charge in [0.15, 0.2) is 0 Å². The molecule has 1 aliphatic carbocycles. The number of amides is 1. The molecule has 1 saturated carbocycles. The van der Waals surface area contributed by atoms with Crippen molar-refractivity contribution in [2.45, 2.75) is 83.6 Å². The Hall–Kier alpha value is -2.87. The van der Waals surface area contributed by atoms with Gasteiger partial charge < -0.3 is 30.2 Å². The fourth-order valence-corrected chi connectivity index (χ4v) is 5.46. The van der Waals surface area contributed by atoms with E-state index in [4.69, 9.17) is 9.47 Å². The first kappa shape index (κ1) is 25.8. The second kappa shape index (κ2) is 10.9. The normalized spacial score (nSPS) is 23.9. The third kappa shape index (κ3) is 6.00. The maximum Gasteiger partial charge on any atom is 0.255 e. The molecule has 1 atom stereocenters. The predicted molar refractivity (Wildman–Crippen MR) is 146 cm³/mol. The first-order chi connectivity index (χ1) is 17.8. The van der Waals surface area contributed by atoms with Crippen LogP contribution in [0.3, 0.4) is 0 Å². The first-order valence-electron chi connectivity index (χ1n) is 13.5. The fourth-order valence-electron chi connectivity index (χ4n) is 5.46. The van der Waals surface area contributed by atoms with Gasteiger partial charge in [-0.3, -0.25) is 4.79 Å². The molecule has 0 unspecified atom stereocenters. The summed E-state index contributed by atoms with van der Waals surface area (Å²) >= 11 is 0. The van der Waals surface area contributed by atoms with Crippen molar-refractivity contribution in [2.24, 2.45) is 0 Å². The lowest BCUT2D eigenvalue weighted by Gasteiger charge is -2.33. The van der Waals surface area contributed by atoms with Crippen molar-refractivity contribution in [3.05, 3.63) is 58.8 Å². The number of hydrogen-bond acceptors (Lipinski definition) is 5. The van der Waals surface area contributed by atoms with E-state index in [1.807, 2.05) is 32.0 Å². The maximum atomic E-state index is 13.0. The molecule has 3 aromatic rings. The molecule has 0 spiro atoms. The number of aliphatic hydroxyl groups is 1. The molecule has 2 aliphatic rings. The third-order valence-electron chi connectivity index (χ3n) is 8.05. The average molecular weight is 506 g/mol. The lowest BCUT2D eigenvalue weighted by atomic mass is 9.83. The zero-order chi connectivity index (χ0) is 26.0. The zero-order valence-corrected chi connectivity index (χ0v) is 22.2. The van der Waals surface area contributed by atoms with E-state index in [2.05, 4.69) is 28.6 Å². The number of anilines is 1. The zero-order valence-electron chi connectivity index (χ0n) is 22.2. The van der Waals surface area contributed by atoms with E-state index >= 15 is 0 Å². The van der Waals surface area contributed by atoms with E-state index in [1.165, 1.54) is 10.9 Å². The Morgan fingerprint density at radius 1 is 1.11 bits per heavy atom. The minimum Gasteiger partial charge on any atom is -0.491 e. The van der Waals surface area contributed by atoms with Gasteiger partial charge in [-0.2, -0.15) is 0 Å². The summed E-state index contributed by atoms with van der Waals surface area (Å²) in [5.41, 5.74) is 5.33. The molecule has 2 heterocycles. The number of H-pyrrole nitrogens is 1. The molecule has 198 valence electrons. The molecule has 37 heavy (non-hydrogen) atoms. The van der Waals surface area contributed by atoms with Crippen LogP contribution >= 0.6 is 0 Å². The van der Waals surface area contributed by atoms with Gasteiger partial charge in [0.1, 0.15) is 12.4 Å². The summed E-state index contributed by atoms with van der Waals surface area (Å²) in [5.74, 6) is 0.595. The molecule has 1 amide bonds. The standard InChI is InChI=1S/C30H39N3O4/c1-19-25-10-11-26(20(2)28(25)32-27(19)17-31-22-12-14-30(3,35)15-13-22)33-29(34)21-6-8-23(9-7-21)37-18-24-5-4-16-36-24/h6-11,22,24,31-32,35H,4-5,12-18H2,1-3H3,(H,33,34)/t22-,24-,30+/m0/s1. The summed E-state index contributed by atoms with van der Waals surface area (Å²) in [6, 6.07) is 11.7. The average Bonchev–Trinajstić information content (AvgIpc) is 3.52. The Kier molecular flexibility index (Phi) is 7.56. The maximum absolute atomic E-state index is 13.0. The minimum atomic E-state index is -0.520. The van der Waals surface area contributed by atoms with Crippen LogP contribution in [0, 0.1) is 13.8 Å². The predicted octanol–water partition coefficient (Wildman–Crippen LogP) is 5.38. The number of carbonyl (C=O) groups is 1.